The summed E-state index contributed by atoms with van der Waals surface area (Å²) < 4.78 is 1.79. The maximum atomic E-state index is 12.5. The number of piperidine rings is 1. The number of anilines is 1. The predicted octanol–water partition coefficient (Wildman–Crippen LogP) is 2.33. The molecule has 9 heteroatoms. The number of rotatable bonds is 3. The molecule has 0 unspecified atom stereocenters. The molecule has 4 rings (SSSR count). The highest BCUT2D eigenvalue weighted by atomic mass is 32.1. The summed E-state index contributed by atoms with van der Waals surface area (Å²) in [5.74, 6) is 0.535. The first-order valence-corrected chi connectivity index (χ1v) is 10.3. The molecule has 1 fully saturated rings. The average molecular weight is 401 g/mol. The Morgan fingerprint density at radius 2 is 2.07 bits per heavy atom. The third-order valence-electron chi connectivity index (χ3n) is 4.97. The van der Waals surface area contributed by atoms with Crippen molar-refractivity contribution in [2.45, 2.75) is 45.2 Å². The van der Waals surface area contributed by atoms with Crippen LogP contribution in [0.1, 0.15) is 44.0 Å². The number of H-pyrrole nitrogens is 1. The number of nitrogens with one attached hydrogen (secondary N) is 2. The van der Waals surface area contributed by atoms with Crippen molar-refractivity contribution in [1.82, 2.24) is 25.1 Å². The number of aromatic nitrogens is 4. The Balaban J connectivity index is 1.49. The molecule has 3 aromatic heterocycles. The molecule has 0 saturated carbocycles. The lowest BCUT2D eigenvalue weighted by Gasteiger charge is -2.32. The second-order valence-electron chi connectivity index (χ2n) is 8.10. The topological polar surface area (TPSA) is 95.9 Å². The Morgan fingerprint density at radius 3 is 2.71 bits per heavy atom. The zero-order chi connectivity index (χ0) is 19.9. The van der Waals surface area contributed by atoms with Crippen LogP contribution in [0.4, 0.5) is 5.95 Å². The lowest BCUT2D eigenvalue weighted by molar-refractivity contribution is 0.0931. The lowest BCUT2D eigenvalue weighted by Crippen LogP contribution is -2.45. The van der Waals surface area contributed by atoms with Crippen molar-refractivity contribution in [1.29, 1.82) is 0 Å². The summed E-state index contributed by atoms with van der Waals surface area (Å²) in [6.45, 7) is 7.52. The Hall–Kier alpha value is -2.68. The zero-order valence-corrected chi connectivity index (χ0v) is 17.0. The van der Waals surface area contributed by atoms with Gasteiger partial charge in [-0.1, -0.05) is 0 Å². The molecule has 0 atom stereocenters. The van der Waals surface area contributed by atoms with E-state index in [9.17, 15) is 9.59 Å². The number of nitrogens with zero attached hydrogens (tertiary/aromatic N) is 4. The first-order valence-electron chi connectivity index (χ1n) is 9.39. The summed E-state index contributed by atoms with van der Waals surface area (Å²) in [7, 11) is 0. The first kappa shape index (κ1) is 18.7. The van der Waals surface area contributed by atoms with Crippen LogP contribution >= 0.6 is 11.3 Å². The molecule has 148 valence electrons. The van der Waals surface area contributed by atoms with E-state index >= 15 is 0 Å². The van der Waals surface area contributed by atoms with E-state index in [-0.39, 0.29) is 23.0 Å². The summed E-state index contributed by atoms with van der Waals surface area (Å²) in [4.78, 5) is 34.4. The molecule has 0 bridgehead atoms. The molecule has 28 heavy (non-hydrogen) atoms. The van der Waals surface area contributed by atoms with Crippen molar-refractivity contribution in [3.8, 4) is 0 Å². The summed E-state index contributed by atoms with van der Waals surface area (Å²) >= 11 is 1.52. The van der Waals surface area contributed by atoms with Gasteiger partial charge < -0.3 is 10.2 Å². The maximum absolute atomic E-state index is 12.5. The van der Waals surface area contributed by atoms with Crippen molar-refractivity contribution in [3.63, 3.8) is 0 Å². The molecular weight excluding hydrogens is 376 g/mol. The van der Waals surface area contributed by atoms with Crippen LogP contribution in [0.5, 0.6) is 0 Å². The Kier molecular flexibility index (Phi) is 4.70. The average Bonchev–Trinajstić information content (AvgIpc) is 3.32. The maximum Gasteiger partial charge on any atom is 0.263 e. The second kappa shape index (κ2) is 7.05. The van der Waals surface area contributed by atoms with Gasteiger partial charge in [-0.3, -0.25) is 14.6 Å². The largest absolute Gasteiger partial charge is 0.349 e. The van der Waals surface area contributed by atoms with Crippen LogP contribution in [0.3, 0.4) is 0 Å². The molecule has 0 spiro atoms. The highest BCUT2D eigenvalue weighted by Crippen LogP contribution is 2.21. The van der Waals surface area contributed by atoms with E-state index in [1.807, 2.05) is 37.6 Å². The number of hydrogen-bond donors (Lipinski definition) is 2. The van der Waals surface area contributed by atoms with Gasteiger partial charge in [0.05, 0.1) is 11.7 Å². The highest BCUT2D eigenvalue weighted by Gasteiger charge is 2.25. The molecule has 1 aliphatic heterocycles. The fourth-order valence-electron chi connectivity index (χ4n) is 3.45. The Morgan fingerprint density at radius 1 is 1.32 bits per heavy atom. The molecule has 0 aliphatic carbocycles. The lowest BCUT2D eigenvalue weighted by atomic mass is 10.0. The summed E-state index contributed by atoms with van der Waals surface area (Å²) in [6, 6.07) is 1.95. The van der Waals surface area contributed by atoms with Crippen LogP contribution in [-0.4, -0.2) is 44.8 Å². The molecular formula is C19H24N6O2S. The summed E-state index contributed by atoms with van der Waals surface area (Å²) in [6.07, 6.45) is 3.18. The van der Waals surface area contributed by atoms with Crippen LogP contribution in [0, 0.1) is 0 Å². The second-order valence-corrected chi connectivity index (χ2v) is 8.88. The normalized spacial score (nSPS) is 15.9. The Bertz CT molecular complexity index is 1040. The van der Waals surface area contributed by atoms with Crippen LogP contribution < -0.4 is 15.8 Å². The number of fused-ring (bicyclic) bond motifs is 1. The van der Waals surface area contributed by atoms with E-state index in [1.165, 1.54) is 11.3 Å². The van der Waals surface area contributed by atoms with E-state index in [0.29, 0.717) is 35.6 Å². The molecule has 4 heterocycles. The number of carbonyl (C=O) groups is 1. The third-order valence-corrected chi connectivity index (χ3v) is 5.66. The third kappa shape index (κ3) is 3.54. The van der Waals surface area contributed by atoms with E-state index in [0.717, 1.165) is 12.8 Å². The monoisotopic (exact) mass is 400 g/mol. The minimum Gasteiger partial charge on any atom is -0.349 e. The van der Waals surface area contributed by atoms with Gasteiger partial charge in [-0.2, -0.15) is 21.4 Å². The van der Waals surface area contributed by atoms with Gasteiger partial charge in [0.25, 0.3) is 11.5 Å². The minimum atomic E-state index is -0.265. The molecule has 0 aromatic carbocycles. The van der Waals surface area contributed by atoms with E-state index in [2.05, 4.69) is 20.3 Å². The van der Waals surface area contributed by atoms with Gasteiger partial charge >= 0.3 is 0 Å². The standard InChI is InChI=1S/C19H24N6O2S/c1-19(2,3)25-15-14(10-20-25)17(27)23-18(22-15)24-7-4-13(5-8-24)21-16(26)12-6-9-28-11-12/h6,9-11,13H,4-5,7-8H2,1-3H3,(H,21,26)(H,22,23,27). The van der Waals surface area contributed by atoms with Crippen molar-refractivity contribution in [3.05, 3.63) is 38.9 Å². The fraction of sp³-hybridized carbons (Fsp3) is 0.474. The van der Waals surface area contributed by atoms with Gasteiger partial charge in [-0.15, -0.1) is 0 Å². The van der Waals surface area contributed by atoms with E-state index in [1.54, 1.807) is 10.9 Å². The van der Waals surface area contributed by atoms with Crippen LogP contribution in [0.25, 0.3) is 11.0 Å². The van der Waals surface area contributed by atoms with Gasteiger partial charge in [0.15, 0.2) is 5.65 Å². The van der Waals surface area contributed by atoms with Crippen molar-refractivity contribution < 1.29 is 4.79 Å². The van der Waals surface area contributed by atoms with Gasteiger partial charge in [0, 0.05) is 30.1 Å². The molecule has 2 N–H and O–H groups in total. The van der Waals surface area contributed by atoms with Crippen molar-refractivity contribution in [2.75, 3.05) is 18.0 Å². The van der Waals surface area contributed by atoms with Crippen LogP contribution in [-0.2, 0) is 5.54 Å². The first-order chi connectivity index (χ1) is 13.3. The Labute approximate surface area is 166 Å². The summed E-state index contributed by atoms with van der Waals surface area (Å²) in [5.41, 5.74) is 0.862. The number of amides is 1. The predicted molar refractivity (Wildman–Crippen MR) is 110 cm³/mol. The fourth-order valence-corrected chi connectivity index (χ4v) is 4.08. The van der Waals surface area contributed by atoms with Crippen LogP contribution in [0.2, 0.25) is 0 Å². The highest BCUT2D eigenvalue weighted by molar-refractivity contribution is 7.08. The number of aromatic amines is 1. The SMILES string of the molecule is CC(C)(C)n1ncc2c(=O)[nH]c(N3CCC(NC(=O)c4ccsc4)CC3)nc21. The molecule has 3 aromatic rings. The van der Waals surface area contributed by atoms with Gasteiger partial charge in [-0.25, -0.2) is 4.68 Å². The molecule has 1 aliphatic rings. The summed E-state index contributed by atoms with van der Waals surface area (Å²) in [5, 5.41) is 11.7. The van der Waals surface area contributed by atoms with Crippen molar-refractivity contribution in [2.24, 2.45) is 0 Å². The molecule has 1 saturated heterocycles. The number of hydrogen-bond acceptors (Lipinski definition) is 6. The zero-order valence-electron chi connectivity index (χ0n) is 16.2. The van der Waals surface area contributed by atoms with Gasteiger partial charge in [0.1, 0.15) is 5.39 Å². The van der Waals surface area contributed by atoms with Crippen LogP contribution in [0.15, 0.2) is 27.8 Å². The molecule has 0 radical (unpaired) electrons. The molecule has 8 nitrogen and oxygen atoms in total. The van der Waals surface area contributed by atoms with Gasteiger partial charge in [0.2, 0.25) is 5.95 Å². The van der Waals surface area contributed by atoms with E-state index < -0.39 is 0 Å². The smallest absolute Gasteiger partial charge is 0.263 e. The quantitative estimate of drug-likeness (QED) is 0.703. The van der Waals surface area contributed by atoms with E-state index in [4.69, 9.17) is 4.98 Å². The number of thiophene rings is 1. The van der Waals surface area contributed by atoms with Crippen molar-refractivity contribution >= 4 is 34.2 Å². The molecule has 1 amide bonds. The van der Waals surface area contributed by atoms with Gasteiger partial charge in [-0.05, 0) is 45.1 Å². The minimum absolute atomic E-state index is 0.0262. The number of carbonyl (C=O) groups excluding carboxylic acids is 1.